The Labute approximate surface area is 59.3 Å². The van der Waals surface area contributed by atoms with Crippen molar-refractivity contribution < 1.29 is 4.79 Å². The van der Waals surface area contributed by atoms with Gasteiger partial charge in [-0.1, -0.05) is 0 Å². The maximum absolute atomic E-state index is 10.5. The number of guanidine groups is 1. The van der Waals surface area contributed by atoms with Crippen LogP contribution in [0.15, 0.2) is 0 Å². The van der Waals surface area contributed by atoms with Gasteiger partial charge in [-0.05, 0) is 6.92 Å². The standard InChI is InChI=1S/C5H12N4O/c1-3(10)4(6)2-9-5(7)8/h4H,2,6H2,1H3,(H4,7,8,9). The summed E-state index contributed by atoms with van der Waals surface area (Å²) in [5, 5.41) is 9.17. The third-order valence-corrected chi connectivity index (χ3v) is 1.03. The maximum atomic E-state index is 10.5. The topological polar surface area (TPSA) is 105 Å². The van der Waals surface area contributed by atoms with Gasteiger partial charge in [0.1, 0.15) is 5.78 Å². The van der Waals surface area contributed by atoms with Crippen LogP contribution in [0.3, 0.4) is 0 Å². The molecule has 0 saturated carbocycles. The third-order valence-electron chi connectivity index (χ3n) is 1.03. The van der Waals surface area contributed by atoms with Crippen LogP contribution in [0.4, 0.5) is 0 Å². The van der Waals surface area contributed by atoms with Gasteiger partial charge in [-0.2, -0.15) is 0 Å². The van der Waals surface area contributed by atoms with Crippen LogP contribution in [-0.4, -0.2) is 24.3 Å². The Hall–Kier alpha value is -1.10. The molecule has 10 heavy (non-hydrogen) atoms. The normalized spacial score (nSPS) is 12.2. The highest BCUT2D eigenvalue weighted by molar-refractivity contribution is 5.82. The average molecular weight is 144 g/mol. The predicted molar refractivity (Wildman–Crippen MR) is 38.6 cm³/mol. The van der Waals surface area contributed by atoms with E-state index in [9.17, 15) is 4.79 Å². The molecule has 5 heteroatoms. The molecular formula is C5H12N4O. The lowest BCUT2D eigenvalue weighted by Gasteiger charge is -2.07. The number of ketones is 1. The largest absolute Gasteiger partial charge is 0.370 e. The van der Waals surface area contributed by atoms with E-state index in [0.717, 1.165) is 0 Å². The number of Topliss-reactive ketones (excluding diaryl/α,β-unsaturated/α-hetero) is 1. The van der Waals surface area contributed by atoms with Gasteiger partial charge in [0, 0.05) is 6.54 Å². The van der Waals surface area contributed by atoms with E-state index in [1.54, 1.807) is 0 Å². The first-order chi connectivity index (χ1) is 4.54. The minimum Gasteiger partial charge on any atom is -0.370 e. The second-order valence-corrected chi connectivity index (χ2v) is 2.01. The van der Waals surface area contributed by atoms with Crippen LogP contribution in [0.5, 0.6) is 0 Å². The molecule has 0 rings (SSSR count). The van der Waals surface area contributed by atoms with Crippen molar-refractivity contribution in [3.63, 3.8) is 0 Å². The first-order valence-corrected chi connectivity index (χ1v) is 2.88. The number of carbonyl (C=O) groups excluding carboxylic acids is 1. The van der Waals surface area contributed by atoms with E-state index < -0.39 is 6.04 Å². The van der Waals surface area contributed by atoms with E-state index in [1.165, 1.54) is 6.92 Å². The highest BCUT2D eigenvalue weighted by Gasteiger charge is 2.06. The summed E-state index contributed by atoms with van der Waals surface area (Å²) in [5.74, 6) is -0.287. The Morgan fingerprint density at radius 3 is 2.60 bits per heavy atom. The van der Waals surface area contributed by atoms with Crippen LogP contribution >= 0.6 is 0 Å². The molecule has 0 radical (unpaired) electrons. The van der Waals surface area contributed by atoms with Gasteiger partial charge in [-0.25, -0.2) is 0 Å². The van der Waals surface area contributed by atoms with Gasteiger partial charge in [0.05, 0.1) is 6.04 Å². The summed E-state index contributed by atoms with van der Waals surface area (Å²) in [5.41, 5.74) is 10.2. The average Bonchev–Trinajstić information content (AvgIpc) is 1.82. The van der Waals surface area contributed by atoms with Crippen LogP contribution in [-0.2, 0) is 4.79 Å². The van der Waals surface area contributed by atoms with Gasteiger partial charge in [0.2, 0.25) is 0 Å². The molecular weight excluding hydrogens is 132 g/mol. The summed E-state index contributed by atoms with van der Waals surface area (Å²) >= 11 is 0. The first kappa shape index (κ1) is 8.90. The quantitative estimate of drug-likeness (QED) is 0.282. The van der Waals surface area contributed by atoms with E-state index in [4.69, 9.17) is 16.9 Å². The van der Waals surface area contributed by atoms with Crippen LogP contribution in [0, 0.1) is 5.41 Å². The summed E-state index contributed by atoms with van der Waals surface area (Å²) < 4.78 is 0. The molecule has 0 aromatic heterocycles. The predicted octanol–water partition coefficient (Wildman–Crippen LogP) is -1.61. The molecule has 0 aliphatic carbocycles. The van der Waals surface area contributed by atoms with E-state index in [1.807, 2.05) is 0 Å². The SMILES string of the molecule is CC(=O)C(N)CNC(=N)N. The van der Waals surface area contributed by atoms with Gasteiger partial charge in [-0.15, -0.1) is 0 Å². The molecule has 1 atom stereocenters. The van der Waals surface area contributed by atoms with Crippen LogP contribution in [0.2, 0.25) is 0 Å². The summed E-state index contributed by atoms with van der Waals surface area (Å²) in [7, 11) is 0. The number of hydrogen-bond acceptors (Lipinski definition) is 3. The highest BCUT2D eigenvalue weighted by Crippen LogP contribution is 1.76. The number of nitrogens with one attached hydrogen (secondary N) is 2. The Morgan fingerprint density at radius 1 is 1.80 bits per heavy atom. The Morgan fingerprint density at radius 2 is 2.30 bits per heavy atom. The minimum atomic E-state index is -0.566. The smallest absolute Gasteiger partial charge is 0.185 e. The fraction of sp³-hybridized carbons (Fsp3) is 0.600. The zero-order valence-electron chi connectivity index (χ0n) is 5.85. The highest BCUT2D eigenvalue weighted by atomic mass is 16.1. The van der Waals surface area contributed by atoms with E-state index >= 15 is 0 Å². The second-order valence-electron chi connectivity index (χ2n) is 2.01. The van der Waals surface area contributed by atoms with Crippen LogP contribution in [0.25, 0.3) is 0 Å². The van der Waals surface area contributed by atoms with Crippen molar-refractivity contribution in [1.29, 1.82) is 5.41 Å². The fourth-order valence-electron chi connectivity index (χ4n) is 0.364. The minimum absolute atomic E-state index is 0.117. The number of nitrogens with two attached hydrogens (primary N) is 2. The first-order valence-electron chi connectivity index (χ1n) is 2.88. The van der Waals surface area contributed by atoms with E-state index in [0.29, 0.717) is 0 Å². The van der Waals surface area contributed by atoms with Gasteiger partial charge < -0.3 is 16.8 Å². The lowest BCUT2D eigenvalue weighted by atomic mass is 10.2. The molecule has 0 bridgehead atoms. The molecule has 0 aliphatic rings. The fourth-order valence-corrected chi connectivity index (χ4v) is 0.364. The lowest BCUT2D eigenvalue weighted by Crippen LogP contribution is -2.43. The molecule has 0 fully saturated rings. The molecule has 58 valence electrons. The van der Waals surface area contributed by atoms with Crippen molar-refractivity contribution in [3.05, 3.63) is 0 Å². The van der Waals surface area contributed by atoms with Crippen molar-refractivity contribution in [3.8, 4) is 0 Å². The molecule has 6 N–H and O–H groups in total. The van der Waals surface area contributed by atoms with Crippen LogP contribution in [0.1, 0.15) is 6.92 Å². The molecule has 0 aliphatic heterocycles. The summed E-state index contributed by atoms with van der Waals surface area (Å²) in [4.78, 5) is 10.5. The number of rotatable bonds is 3. The van der Waals surface area contributed by atoms with Crippen LogP contribution < -0.4 is 16.8 Å². The third kappa shape index (κ3) is 3.85. The van der Waals surface area contributed by atoms with E-state index in [-0.39, 0.29) is 18.3 Å². The van der Waals surface area contributed by atoms with Gasteiger partial charge >= 0.3 is 0 Å². The zero-order chi connectivity index (χ0) is 8.15. The molecule has 0 heterocycles. The molecule has 0 amide bonds. The zero-order valence-corrected chi connectivity index (χ0v) is 5.85. The van der Waals surface area contributed by atoms with Crippen molar-refractivity contribution in [1.82, 2.24) is 5.32 Å². The van der Waals surface area contributed by atoms with Crippen molar-refractivity contribution in [2.45, 2.75) is 13.0 Å². The summed E-state index contributed by atoms with van der Waals surface area (Å²) in [6.07, 6.45) is 0. The molecule has 1 unspecified atom stereocenters. The van der Waals surface area contributed by atoms with Gasteiger partial charge in [0.15, 0.2) is 5.96 Å². The second kappa shape index (κ2) is 3.84. The molecule has 0 saturated heterocycles. The monoisotopic (exact) mass is 144 g/mol. The number of hydrogen-bond donors (Lipinski definition) is 4. The Balaban J connectivity index is 3.49. The Kier molecular flexibility index (Phi) is 3.42. The Bertz CT molecular complexity index is 145. The molecule has 0 aromatic rings. The summed E-state index contributed by atoms with van der Waals surface area (Å²) in [6.45, 7) is 1.62. The van der Waals surface area contributed by atoms with Gasteiger partial charge in [-0.3, -0.25) is 10.2 Å². The molecule has 0 spiro atoms. The van der Waals surface area contributed by atoms with E-state index in [2.05, 4.69) is 5.32 Å². The van der Waals surface area contributed by atoms with Gasteiger partial charge in [0.25, 0.3) is 0 Å². The maximum Gasteiger partial charge on any atom is 0.185 e. The molecule has 5 nitrogen and oxygen atoms in total. The summed E-state index contributed by atoms with van der Waals surface area (Å²) in [6, 6.07) is -0.566. The van der Waals surface area contributed by atoms with Crippen molar-refractivity contribution >= 4 is 11.7 Å². The van der Waals surface area contributed by atoms with Crippen molar-refractivity contribution in [2.24, 2.45) is 11.5 Å². The number of carbonyl (C=O) groups is 1. The lowest BCUT2D eigenvalue weighted by molar-refractivity contribution is -0.118. The van der Waals surface area contributed by atoms with Crippen molar-refractivity contribution in [2.75, 3.05) is 6.54 Å². The molecule has 0 aromatic carbocycles.